The Morgan fingerprint density at radius 3 is 2.41 bits per heavy atom. The largest absolute Gasteiger partial charge is 0.342 e. The zero-order valence-corrected chi connectivity index (χ0v) is 20.8. The smallest absolute Gasteiger partial charge is 0.233 e. The second-order valence-corrected chi connectivity index (χ2v) is 10.0. The Labute approximate surface area is 205 Å². The summed E-state index contributed by atoms with van der Waals surface area (Å²) in [5.74, 6) is 1.51. The van der Waals surface area contributed by atoms with Gasteiger partial charge in [0.15, 0.2) is 11.0 Å². The predicted molar refractivity (Wildman–Crippen MR) is 134 cm³/mol. The number of carbonyl (C=O) groups is 1. The fourth-order valence-electron chi connectivity index (χ4n) is 4.26. The minimum atomic E-state index is -0.293. The molecule has 1 fully saturated rings. The van der Waals surface area contributed by atoms with Gasteiger partial charge < -0.3 is 4.90 Å². The molecule has 0 radical (unpaired) electrons. The summed E-state index contributed by atoms with van der Waals surface area (Å²) in [5, 5.41) is 9.43. The van der Waals surface area contributed by atoms with Crippen LogP contribution >= 0.6 is 11.8 Å². The SMILES string of the molecule is CC(c1nnc(SCC(=O)N2CCC(Cc3ccccc3)CC2)n1-c1ccc(F)cc1)N(C)C. The van der Waals surface area contributed by atoms with Gasteiger partial charge in [0.05, 0.1) is 11.8 Å². The van der Waals surface area contributed by atoms with Crippen molar-refractivity contribution in [1.82, 2.24) is 24.6 Å². The maximum atomic E-state index is 13.5. The lowest BCUT2D eigenvalue weighted by Gasteiger charge is -2.32. The molecule has 0 saturated carbocycles. The van der Waals surface area contributed by atoms with E-state index in [4.69, 9.17) is 0 Å². The van der Waals surface area contributed by atoms with Crippen molar-refractivity contribution in [2.24, 2.45) is 5.92 Å². The van der Waals surface area contributed by atoms with Gasteiger partial charge in [-0.25, -0.2) is 4.39 Å². The lowest BCUT2D eigenvalue weighted by molar-refractivity contribution is -0.129. The lowest BCUT2D eigenvalue weighted by atomic mass is 9.90. The van der Waals surface area contributed by atoms with E-state index < -0.39 is 0 Å². The molecule has 1 atom stereocenters. The highest BCUT2D eigenvalue weighted by molar-refractivity contribution is 7.99. The van der Waals surface area contributed by atoms with Crippen LogP contribution in [0.2, 0.25) is 0 Å². The van der Waals surface area contributed by atoms with Crippen LogP contribution in [0.4, 0.5) is 4.39 Å². The van der Waals surface area contributed by atoms with Crippen LogP contribution < -0.4 is 0 Å². The van der Waals surface area contributed by atoms with E-state index in [-0.39, 0.29) is 17.8 Å². The number of aromatic nitrogens is 3. The van der Waals surface area contributed by atoms with Crippen LogP contribution in [-0.2, 0) is 11.2 Å². The highest BCUT2D eigenvalue weighted by Gasteiger charge is 2.25. The number of hydrogen-bond donors (Lipinski definition) is 0. The fraction of sp³-hybridized carbons (Fsp3) is 0.423. The molecular formula is C26H32FN5OS. The van der Waals surface area contributed by atoms with Crippen molar-refractivity contribution in [3.63, 3.8) is 0 Å². The molecule has 1 aromatic heterocycles. The molecule has 2 aromatic carbocycles. The zero-order valence-electron chi connectivity index (χ0n) is 20.0. The van der Waals surface area contributed by atoms with Crippen molar-refractivity contribution in [2.45, 2.75) is 37.4 Å². The van der Waals surface area contributed by atoms with Crippen molar-refractivity contribution < 1.29 is 9.18 Å². The Balaban J connectivity index is 1.39. The van der Waals surface area contributed by atoms with E-state index in [1.165, 1.54) is 29.5 Å². The first-order valence-corrected chi connectivity index (χ1v) is 12.7. The van der Waals surface area contributed by atoms with Gasteiger partial charge >= 0.3 is 0 Å². The molecular weight excluding hydrogens is 449 g/mol. The molecule has 180 valence electrons. The van der Waals surface area contributed by atoms with Gasteiger partial charge in [-0.05, 0) is 76.0 Å². The number of halogens is 1. The van der Waals surface area contributed by atoms with Crippen LogP contribution in [0.25, 0.3) is 5.69 Å². The van der Waals surface area contributed by atoms with Gasteiger partial charge in [-0.3, -0.25) is 14.3 Å². The Morgan fingerprint density at radius 2 is 1.76 bits per heavy atom. The molecule has 2 heterocycles. The summed E-state index contributed by atoms with van der Waals surface area (Å²) in [5.41, 5.74) is 2.15. The zero-order chi connectivity index (χ0) is 24.1. The van der Waals surface area contributed by atoms with Crippen molar-refractivity contribution in [3.8, 4) is 5.69 Å². The molecule has 0 N–H and O–H groups in total. The maximum absolute atomic E-state index is 13.5. The minimum absolute atomic E-state index is 0.00578. The summed E-state index contributed by atoms with van der Waals surface area (Å²) < 4.78 is 15.4. The predicted octanol–water partition coefficient (Wildman–Crippen LogP) is 4.60. The minimum Gasteiger partial charge on any atom is -0.342 e. The molecule has 8 heteroatoms. The molecule has 4 rings (SSSR count). The average Bonchev–Trinajstić information content (AvgIpc) is 3.27. The lowest BCUT2D eigenvalue weighted by Crippen LogP contribution is -2.39. The second kappa shape index (κ2) is 11.1. The van der Waals surface area contributed by atoms with E-state index in [0.29, 0.717) is 16.8 Å². The van der Waals surface area contributed by atoms with Crippen LogP contribution in [0, 0.1) is 11.7 Å². The van der Waals surface area contributed by atoms with Gasteiger partial charge in [-0.1, -0.05) is 42.1 Å². The van der Waals surface area contributed by atoms with Crippen molar-refractivity contribution >= 4 is 17.7 Å². The van der Waals surface area contributed by atoms with Crippen LogP contribution in [0.15, 0.2) is 59.8 Å². The van der Waals surface area contributed by atoms with Gasteiger partial charge in [0.1, 0.15) is 5.82 Å². The number of hydrogen-bond acceptors (Lipinski definition) is 5. The monoisotopic (exact) mass is 481 g/mol. The molecule has 1 saturated heterocycles. The summed E-state index contributed by atoms with van der Waals surface area (Å²) in [6.07, 6.45) is 3.13. The third-order valence-electron chi connectivity index (χ3n) is 6.55. The summed E-state index contributed by atoms with van der Waals surface area (Å²) in [4.78, 5) is 17.0. The van der Waals surface area contributed by atoms with E-state index >= 15 is 0 Å². The quantitative estimate of drug-likeness (QED) is 0.440. The van der Waals surface area contributed by atoms with E-state index in [1.807, 2.05) is 41.5 Å². The van der Waals surface area contributed by atoms with Crippen molar-refractivity contribution in [2.75, 3.05) is 32.9 Å². The first-order valence-electron chi connectivity index (χ1n) is 11.7. The van der Waals surface area contributed by atoms with Gasteiger partial charge in [0.25, 0.3) is 0 Å². The first kappa shape index (κ1) is 24.4. The molecule has 0 spiro atoms. The molecule has 0 aliphatic carbocycles. The van der Waals surface area contributed by atoms with E-state index in [1.54, 1.807) is 12.1 Å². The second-order valence-electron chi connectivity index (χ2n) is 9.09. The van der Waals surface area contributed by atoms with E-state index in [0.717, 1.165) is 43.9 Å². The molecule has 1 amide bonds. The highest BCUT2D eigenvalue weighted by atomic mass is 32.2. The molecule has 0 bridgehead atoms. The number of likely N-dealkylation sites (tertiary alicyclic amines) is 1. The Hall–Kier alpha value is -2.71. The van der Waals surface area contributed by atoms with Gasteiger partial charge in [0.2, 0.25) is 5.91 Å². The molecule has 34 heavy (non-hydrogen) atoms. The Bertz CT molecular complexity index is 1080. The summed E-state index contributed by atoms with van der Waals surface area (Å²) in [6.45, 7) is 3.64. The highest BCUT2D eigenvalue weighted by Crippen LogP contribution is 2.28. The molecule has 1 aliphatic rings. The fourth-order valence-corrected chi connectivity index (χ4v) is 5.12. The third kappa shape index (κ3) is 5.85. The van der Waals surface area contributed by atoms with E-state index in [2.05, 4.69) is 34.5 Å². The number of thioether (sulfide) groups is 1. The van der Waals surface area contributed by atoms with E-state index in [9.17, 15) is 9.18 Å². The summed E-state index contributed by atoms with van der Waals surface area (Å²) >= 11 is 1.39. The van der Waals surface area contributed by atoms with Crippen LogP contribution in [0.1, 0.15) is 37.2 Å². The Kier molecular flexibility index (Phi) is 8.00. The Morgan fingerprint density at radius 1 is 1.09 bits per heavy atom. The normalized spacial score (nSPS) is 15.6. The number of piperidine rings is 1. The maximum Gasteiger partial charge on any atom is 0.233 e. The van der Waals surface area contributed by atoms with Crippen molar-refractivity contribution in [3.05, 3.63) is 71.8 Å². The third-order valence-corrected chi connectivity index (χ3v) is 7.46. The molecule has 1 unspecified atom stereocenters. The summed E-state index contributed by atoms with van der Waals surface area (Å²) in [7, 11) is 3.96. The van der Waals surface area contributed by atoms with Crippen LogP contribution in [0.3, 0.4) is 0 Å². The summed E-state index contributed by atoms with van der Waals surface area (Å²) in [6, 6.07) is 16.9. The average molecular weight is 482 g/mol. The van der Waals surface area contributed by atoms with Crippen LogP contribution in [0.5, 0.6) is 0 Å². The molecule has 3 aromatic rings. The molecule has 1 aliphatic heterocycles. The molecule has 6 nitrogen and oxygen atoms in total. The van der Waals surface area contributed by atoms with Crippen molar-refractivity contribution in [1.29, 1.82) is 0 Å². The van der Waals surface area contributed by atoms with Gasteiger partial charge in [-0.15, -0.1) is 10.2 Å². The topological polar surface area (TPSA) is 54.3 Å². The van der Waals surface area contributed by atoms with Gasteiger partial charge in [-0.2, -0.15) is 0 Å². The van der Waals surface area contributed by atoms with Crippen LogP contribution in [-0.4, -0.2) is 63.4 Å². The first-order chi connectivity index (χ1) is 16.4. The number of benzene rings is 2. The number of rotatable bonds is 8. The van der Waals surface area contributed by atoms with Gasteiger partial charge in [0, 0.05) is 18.8 Å². The number of amides is 1. The number of nitrogens with zero attached hydrogens (tertiary/aromatic N) is 5. The number of carbonyl (C=O) groups excluding carboxylic acids is 1. The standard InChI is InChI=1S/C26H32FN5OS/c1-19(30(2)3)25-28-29-26(32(25)23-11-9-22(27)10-12-23)34-18-24(33)31-15-13-21(14-16-31)17-20-7-5-4-6-8-20/h4-12,19,21H,13-18H2,1-3H3.